The Kier molecular flexibility index (Phi) is 7.16. The van der Waals surface area contributed by atoms with Gasteiger partial charge in [0.15, 0.2) is 0 Å². The van der Waals surface area contributed by atoms with Gasteiger partial charge in [-0.2, -0.15) is 0 Å². The van der Waals surface area contributed by atoms with Crippen molar-refractivity contribution in [2.45, 2.75) is 58.3 Å². The quantitative estimate of drug-likeness (QED) is 0.648. The van der Waals surface area contributed by atoms with Crippen LogP contribution in [0.4, 0.5) is 0 Å². The molecule has 0 aliphatic carbocycles. The number of amidine groups is 1. The van der Waals surface area contributed by atoms with Crippen LogP contribution in [0.5, 0.6) is 0 Å². The summed E-state index contributed by atoms with van der Waals surface area (Å²) in [5.41, 5.74) is 3.88. The molecule has 1 aliphatic rings. The Morgan fingerprint density at radius 1 is 1.21 bits per heavy atom. The summed E-state index contributed by atoms with van der Waals surface area (Å²) in [5, 5.41) is 3.59. The zero-order valence-corrected chi connectivity index (χ0v) is 16.5. The summed E-state index contributed by atoms with van der Waals surface area (Å²) in [7, 11) is 1.87. The molecule has 3 heteroatoms. The monoisotopic (exact) mass is 342 g/mol. The van der Waals surface area contributed by atoms with E-state index in [1.54, 1.807) is 0 Å². The van der Waals surface area contributed by atoms with Gasteiger partial charge < -0.3 is 5.32 Å². The number of rotatable bonds is 7. The molecule has 1 aromatic rings. The van der Waals surface area contributed by atoms with Crippen LogP contribution in [0.15, 0.2) is 56.4 Å². The minimum Gasteiger partial charge on any atom is -0.342 e. The molecule has 24 heavy (non-hydrogen) atoms. The molecule has 0 saturated carbocycles. The molecule has 2 nitrogen and oxygen atoms in total. The summed E-state index contributed by atoms with van der Waals surface area (Å²) in [6.07, 6.45) is 7.05. The van der Waals surface area contributed by atoms with Gasteiger partial charge >= 0.3 is 0 Å². The van der Waals surface area contributed by atoms with E-state index in [0.29, 0.717) is 0 Å². The lowest BCUT2D eigenvalue weighted by Crippen LogP contribution is -2.18. The van der Waals surface area contributed by atoms with Crippen molar-refractivity contribution in [2.75, 3.05) is 7.05 Å². The van der Waals surface area contributed by atoms with E-state index < -0.39 is 0 Å². The highest BCUT2D eigenvalue weighted by atomic mass is 32.2. The maximum absolute atomic E-state index is 4.46. The van der Waals surface area contributed by atoms with E-state index >= 15 is 0 Å². The van der Waals surface area contributed by atoms with E-state index in [-0.39, 0.29) is 0 Å². The zero-order valence-electron chi connectivity index (χ0n) is 15.6. The smallest absolute Gasteiger partial charge is 0.133 e. The van der Waals surface area contributed by atoms with Crippen molar-refractivity contribution in [3.05, 3.63) is 52.1 Å². The topological polar surface area (TPSA) is 24.4 Å². The highest BCUT2D eigenvalue weighted by Crippen LogP contribution is 2.39. The normalized spacial score (nSPS) is 19.2. The van der Waals surface area contributed by atoms with Crippen LogP contribution in [0, 0.1) is 12.8 Å². The van der Waals surface area contributed by atoms with Crippen molar-refractivity contribution in [2.24, 2.45) is 10.9 Å². The summed E-state index contributed by atoms with van der Waals surface area (Å²) >= 11 is 1.86. The first-order chi connectivity index (χ1) is 11.6. The zero-order chi connectivity index (χ0) is 17.5. The van der Waals surface area contributed by atoms with E-state index in [2.05, 4.69) is 68.3 Å². The van der Waals surface area contributed by atoms with Crippen LogP contribution in [-0.4, -0.2) is 12.9 Å². The molecule has 0 saturated heterocycles. The molecular formula is C21H30N2S. The Balaban J connectivity index is 2.32. The molecule has 1 N–H and O–H groups in total. The third-order valence-corrected chi connectivity index (χ3v) is 5.74. The highest BCUT2D eigenvalue weighted by Gasteiger charge is 2.26. The maximum Gasteiger partial charge on any atom is 0.133 e. The lowest BCUT2D eigenvalue weighted by atomic mass is 9.95. The summed E-state index contributed by atoms with van der Waals surface area (Å²) in [6, 6.07) is 8.78. The van der Waals surface area contributed by atoms with Crippen molar-refractivity contribution in [1.29, 1.82) is 0 Å². The molecule has 0 aromatic heterocycles. The second-order valence-electron chi connectivity index (χ2n) is 6.39. The Bertz CT molecular complexity index is 638. The number of nitrogens with one attached hydrogen (secondary N) is 1. The number of nitrogens with zero attached hydrogens (tertiary/aromatic N) is 1. The Morgan fingerprint density at radius 3 is 2.46 bits per heavy atom. The standard InChI is InChI=1S/C21H30N2S/c1-6-9-16(7-2)14-19-20(18(8-3)21(22-5)23-19)24-17-12-10-15(4)11-13-17/h8,10-13,16H,6-7,9,14H2,1-5H3,(H,22,23)/b18-8-. The first-order valence-corrected chi connectivity index (χ1v) is 9.83. The summed E-state index contributed by atoms with van der Waals surface area (Å²) in [4.78, 5) is 7.09. The third-order valence-electron chi connectivity index (χ3n) is 4.56. The van der Waals surface area contributed by atoms with Gasteiger partial charge in [-0.25, -0.2) is 0 Å². The lowest BCUT2D eigenvalue weighted by Gasteiger charge is -2.16. The molecule has 1 aromatic carbocycles. The van der Waals surface area contributed by atoms with Gasteiger partial charge in [-0.3, -0.25) is 4.99 Å². The van der Waals surface area contributed by atoms with E-state index in [4.69, 9.17) is 0 Å². The van der Waals surface area contributed by atoms with Crippen molar-refractivity contribution in [1.82, 2.24) is 5.32 Å². The average Bonchev–Trinajstić information content (AvgIpc) is 2.93. The molecule has 2 rings (SSSR count). The van der Waals surface area contributed by atoms with Gasteiger partial charge in [0.05, 0.1) is 0 Å². The van der Waals surface area contributed by atoms with Gasteiger partial charge in [-0.05, 0) is 38.3 Å². The minimum absolute atomic E-state index is 0.737. The van der Waals surface area contributed by atoms with Crippen molar-refractivity contribution in [3.63, 3.8) is 0 Å². The Morgan fingerprint density at radius 2 is 1.92 bits per heavy atom. The molecular weight excluding hydrogens is 312 g/mol. The molecule has 0 amide bonds. The summed E-state index contributed by atoms with van der Waals surface area (Å²) in [6.45, 7) is 8.81. The number of thioether (sulfide) groups is 1. The summed E-state index contributed by atoms with van der Waals surface area (Å²) < 4.78 is 0. The van der Waals surface area contributed by atoms with Crippen molar-refractivity contribution >= 4 is 17.6 Å². The molecule has 0 radical (unpaired) electrons. The summed E-state index contributed by atoms with van der Waals surface area (Å²) in [5.74, 6) is 1.74. The molecule has 1 aliphatic heterocycles. The highest BCUT2D eigenvalue weighted by molar-refractivity contribution is 8.03. The van der Waals surface area contributed by atoms with E-state index in [1.807, 2.05) is 18.8 Å². The second kappa shape index (κ2) is 9.12. The van der Waals surface area contributed by atoms with Gasteiger partial charge in [0, 0.05) is 28.1 Å². The fourth-order valence-corrected chi connectivity index (χ4v) is 4.20. The molecule has 130 valence electrons. The maximum atomic E-state index is 4.46. The molecule has 1 atom stereocenters. The van der Waals surface area contributed by atoms with Gasteiger partial charge in [-0.15, -0.1) is 0 Å². The van der Waals surface area contributed by atoms with Crippen LogP contribution in [0.25, 0.3) is 0 Å². The van der Waals surface area contributed by atoms with Gasteiger partial charge in [-0.1, -0.05) is 68.6 Å². The molecule has 1 heterocycles. The molecule has 1 unspecified atom stereocenters. The van der Waals surface area contributed by atoms with Crippen molar-refractivity contribution < 1.29 is 0 Å². The van der Waals surface area contributed by atoms with Crippen LogP contribution in [-0.2, 0) is 0 Å². The Hall–Kier alpha value is -1.48. The SMILES string of the molecule is C/C=C1\C(=NC)NC(CC(CC)CCC)=C1Sc1ccc(C)cc1. The van der Waals surface area contributed by atoms with Gasteiger partial charge in [0.2, 0.25) is 0 Å². The third kappa shape index (κ3) is 4.54. The first-order valence-electron chi connectivity index (χ1n) is 9.01. The van der Waals surface area contributed by atoms with Crippen LogP contribution in [0.2, 0.25) is 0 Å². The van der Waals surface area contributed by atoms with E-state index in [0.717, 1.165) is 18.2 Å². The predicted octanol–water partition coefficient (Wildman–Crippen LogP) is 6.09. The second-order valence-corrected chi connectivity index (χ2v) is 7.47. The molecule has 0 fully saturated rings. The number of benzene rings is 1. The minimum atomic E-state index is 0.737. The lowest BCUT2D eigenvalue weighted by molar-refractivity contribution is 0.456. The fraction of sp³-hybridized carbons (Fsp3) is 0.476. The average molecular weight is 343 g/mol. The van der Waals surface area contributed by atoms with Gasteiger partial charge in [0.1, 0.15) is 5.84 Å². The number of allylic oxidation sites excluding steroid dienone is 2. The number of hydrogen-bond donors (Lipinski definition) is 1. The van der Waals surface area contributed by atoms with Crippen LogP contribution in [0.1, 0.15) is 52.0 Å². The van der Waals surface area contributed by atoms with Crippen LogP contribution >= 0.6 is 11.8 Å². The van der Waals surface area contributed by atoms with E-state index in [1.165, 1.54) is 45.9 Å². The molecule has 0 bridgehead atoms. The Labute approximate surface area is 151 Å². The first kappa shape index (κ1) is 18.9. The number of hydrogen-bond acceptors (Lipinski definition) is 2. The van der Waals surface area contributed by atoms with Crippen molar-refractivity contribution in [3.8, 4) is 0 Å². The number of aryl methyl sites for hydroxylation is 1. The van der Waals surface area contributed by atoms with E-state index in [9.17, 15) is 0 Å². The number of aliphatic imine (C=N–C) groups is 1. The fourth-order valence-electron chi connectivity index (χ4n) is 3.11. The van der Waals surface area contributed by atoms with Crippen LogP contribution in [0.3, 0.4) is 0 Å². The van der Waals surface area contributed by atoms with Gasteiger partial charge in [0.25, 0.3) is 0 Å². The molecule has 0 spiro atoms. The van der Waals surface area contributed by atoms with Crippen LogP contribution < -0.4 is 5.32 Å². The predicted molar refractivity (Wildman–Crippen MR) is 108 cm³/mol. The largest absolute Gasteiger partial charge is 0.342 e.